The number of hydrogen-bond acceptors (Lipinski definition) is 10. The third-order valence-electron chi connectivity index (χ3n) is 7.33. The Hall–Kier alpha value is -4.18. The summed E-state index contributed by atoms with van der Waals surface area (Å²) in [6.45, 7) is 11.0. The first-order valence-electron chi connectivity index (χ1n) is 13.7. The van der Waals surface area contributed by atoms with Crippen molar-refractivity contribution in [3.05, 3.63) is 80.9 Å². The van der Waals surface area contributed by atoms with E-state index in [9.17, 15) is 15.3 Å². The summed E-state index contributed by atoms with van der Waals surface area (Å²) in [5.41, 5.74) is 7.07. The molecule has 0 aliphatic carbocycles. The van der Waals surface area contributed by atoms with Crippen molar-refractivity contribution in [3.8, 4) is 17.2 Å². The summed E-state index contributed by atoms with van der Waals surface area (Å²) in [4.78, 5) is 20.9. The Labute approximate surface area is 253 Å². The number of hydrogen-bond donors (Lipinski definition) is 4. The zero-order valence-electron chi connectivity index (χ0n) is 25.6. The van der Waals surface area contributed by atoms with Crippen LogP contribution in [0.3, 0.4) is 0 Å². The fraction of sp³-hybridized carbons (Fsp3) is 0.344. The predicted molar refractivity (Wildman–Crippen MR) is 171 cm³/mol. The molecule has 0 atom stereocenters. The second kappa shape index (κ2) is 12.4. The van der Waals surface area contributed by atoms with E-state index in [0.717, 1.165) is 44.5 Å². The number of aryl methyl sites for hydroxylation is 5. The van der Waals surface area contributed by atoms with Gasteiger partial charge in [0.25, 0.3) is 0 Å². The van der Waals surface area contributed by atoms with Crippen LogP contribution < -0.4 is 14.7 Å². The minimum absolute atomic E-state index is 0.178. The summed E-state index contributed by atoms with van der Waals surface area (Å²) >= 11 is 4.41. The molecule has 1 aromatic heterocycles. The van der Waals surface area contributed by atoms with Crippen LogP contribution in [0.2, 0.25) is 0 Å². The van der Waals surface area contributed by atoms with Crippen molar-refractivity contribution >= 4 is 30.5 Å². The third kappa shape index (κ3) is 6.82. The van der Waals surface area contributed by atoms with Crippen LogP contribution in [0.5, 0.6) is 17.2 Å². The summed E-state index contributed by atoms with van der Waals surface area (Å²) in [7, 11) is 5.79. The minimum Gasteiger partial charge on any atom is -0.507 e. The zero-order valence-corrected chi connectivity index (χ0v) is 26.5. The highest BCUT2D eigenvalue weighted by atomic mass is 32.1. The van der Waals surface area contributed by atoms with Crippen LogP contribution >= 0.6 is 12.6 Å². The molecule has 0 aliphatic heterocycles. The lowest BCUT2D eigenvalue weighted by Gasteiger charge is -2.25. The lowest BCUT2D eigenvalue weighted by atomic mass is 10.1. The van der Waals surface area contributed by atoms with Crippen molar-refractivity contribution in [1.82, 2.24) is 15.0 Å². The Balaban J connectivity index is 1.69. The lowest BCUT2D eigenvalue weighted by Crippen LogP contribution is -2.27. The molecule has 3 aromatic carbocycles. The molecule has 10 heteroatoms. The van der Waals surface area contributed by atoms with E-state index in [1.807, 2.05) is 107 Å². The van der Waals surface area contributed by atoms with Crippen LogP contribution in [0.15, 0.2) is 41.3 Å². The molecule has 0 bridgehead atoms. The van der Waals surface area contributed by atoms with E-state index in [0.29, 0.717) is 53.9 Å². The van der Waals surface area contributed by atoms with Gasteiger partial charge in [-0.05, 0) is 85.2 Å². The molecule has 42 heavy (non-hydrogen) atoms. The minimum atomic E-state index is 0.178. The van der Waals surface area contributed by atoms with Gasteiger partial charge in [0.15, 0.2) is 0 Å². The highest BCUT2D eigenvalue weighted by Crippen LogP contribution is 2.29. The van der Waals surface area contributed by atoms with Crippen LogP contribution in [-0.2, 0) is 19.6 Å². The van der Waals surface area contributed by atoms with Gasteiger partial charge < -0.3 is 30.0 Å². The standard InChI is InChI=1S/C32H40N6O3S/c1-18-9-23(10-19(2)27(18)39)15-36(6)30-33-31(37(7)16-24-11-20(3)28(40)21(4)12-24)35-32(34-30)38(8)17-25-13-22(5)29(41)26(42)14-25/h9-14,39-42H,15-17H2,1-8H3. The maximum Gasteiger partial charge on any atom is 0.232 e. The van der Waals surface area contributed by atoms with Crippen LogP contribution in [0, 0.1) is 34.6 Å². The largest absolute Gasteiger partial charge is 0.507 e. The van der Waals surface area contributed by atoms with Crippen molar-refractivity contribution in [2.75, 3.05) is 35.8 Å². The van der Waals surface area contributed by atoms with Crippen LogP contribution in [0.1, 0.15) is 44.5 Å². The maximum atomic E-state index is 10.2. The molecule has 1 heterocycles. The van der Waals surface area contributed by atoms with Gasteiger partial charge in [-0.15, -0.1) is 12.6 Å². The summed E-state index contributed by atoms with van der Waals surface area (Å²) in [6.07, 6.45) is 0. The van der Waals surface area contributed by atoms with Gasteiger partial charge >= 0.3 is 0 Å². The molecule has 0 amide bonds. The molecule has 0 fully saturated rings. The Morgan fingerprint density at radius 1 is 0.500 bits per heavy atom. The van der Waals surface area contributed by atoms with Crippen LogP contribution in [-0.4, -0.2) is 51.4 Å². The molecule has 4 aromatic rings. The molecule has 0 saturated heterocycles. The first-order chi connectivity index (χ1) is 19.7. The van der Waals surface area contributed by atoms with E-state index in [1.165, 1.54) is 0 Å². The number of benzene rings is 3. The molecule has 0 unspecified atom stereocenters. The van der Waals surface area contributed by atoms with E-state index in [-0.39, 0.29) is 5.75 Å². The van der Waals surface area contributed by atoms with Crippen molar-refractivity contribution in [3.63, 3.8) is 0 Å². The van der Waals surface area contributed by atoms with Gasteiger partial charge in [-0.1, -0.05) is 30.3 Å². The summed E-state index contributed by atoms with van der Waals surface area (Å²) in [6, 6.07) is 11.6. The number of rotatable bonds is 9. The number of aromatic nitrogens is 3. The topological polar surface area (TPSA) is 109 Å². The van der Waals surface area contributed by atoms with Gasteiger partial charge in [0.2, 0.25) is 17.8 Å². The van der Waals surface area contributed by atoms with Crippen LogP contribution in [0.4, 0.5) is 17.8 Å². The predicted octanol–water partition coefficient (Wildman–Crippen LogP) is 5.73. The van der Waals surface area contributed by atoms with Gasteiger partial charge in [-0.25, -0.2) is 0 Å². The van der Waals surface area contributed by atoms with Crippen molar-refractivity contribution in [2.45, 2.75) is 59.1 Å². The van der Waals surface area contributed by atoms with Gasteiger partial charge in [0.1, 0.15) is 17.2 Å². The first-order valence-corrected chi connectivity index (χ1v) is 14.2. The molecule has 222 valence electrons. The average Bonchev–Trinajstić information content (AvgIpc) is 2.92. The van der Waals surface area contributed by atoms with Gasteiger partial charge in [0.05, 0.1) is 0 Å². The number of phenols is 3. The van der Waals surface area contributed by atoms with E-state index >= 15 is 0 Å². The molecule has 9 nitrogen and oxygen atoms in total. The molecule has 0 aliphatic rings. The fourth-order valence-electron chi connectivity index (χ4n) is 5.09. The van der Waals surface area contributed by atoms with E-state index in [4.69, 9.17) is 15.0 Å². The number of nitrogens with zero attached hydrogens (tertiary/aromatic N) is 6. The van der Waals surface area contributed by atoms with E-state index in [2.05, 4.69) is 12.6 Å². The molecular weight excluding hydrogens is 548 g/mol. The third-order valence-corrected chi connectivity index (χ3v) is 7.67. The quantitative estimate of drug-likeness (QED) is 0.182. The first kappa shape index (κ1) is 30.8. The summed E-state index contributed by atoms with van der Waals surface area (Å²) < 4.78 is 0. The molecule has 0 spiro atoms. The second-order valence-corrected chi connectivity index (χ2v) is 11.7. The van der Waals surface area contributed by atoms with E-state index < -0.39 is 0 Å². The van der Waals surface area contributed by atoms with E-state index in [1.54, 1.807) is 0 Å². The Morgan fingerprint density at radius 3 is 1.05 bits per heavy atom. The molecule has 4 rings (SSSR count). The normalized spacial score (nSPS) is 11.1. The highest BCUT2D eigenvalue weighted by molar-refractivity contribution is 7.80. The van der Waals surface area contributed by atoms with Gasteiger partial charge in [0, 0.05) is 45.7 Å². The average molecular weight is 589 g/mol. The summed E-state index contributed by atoms with van der Waals surface area (Å²) in [5, 5.41) is 30.6. The number of aromatic hydroxyl groups is 3. The molecule has 0 saturated carbocycles. The Morgan fingerprint density at radius 2 is 0.762 bits per heavy atom. The van der Waals surface area contributed by atoms with Gasteiger partial charge in [-0.3, -0.25) is 0 Å². The van der Waals surface area contributed by atoms with Crippen molar-refractivity contribution in [1.29, 1.82) is 0 Å². The smallest absolute Gasteiger partial charge is 0.232 e. The maximum absolute atomic E-state index is 10.2. The molecule has 0 radical (unpaired) electrons. The molecular formula is C32H40N6O3S. The number of thiol groups is 1. The SMILES string of the molecule is Cc1cc(CN(C)c2nc(N(C)Cc3cc(C)c(O)c(C)c3)nc(N(C)Cc3cc(C)c(O)c(S)c3)n2)cc(C)c1O. The Kier molecular flexibility index (Phi) is 9.06. The monoisotopic (exact) mass is 588 g/mol. The second-order valence-electron chi connectivity index (χ2n) is 11.2. The van der Waals surface area contributed by atoms with Crippen molar-refractivity contribution in [2.24, 2.45) is 0 Å². The highest BCUT2D eigenvalue weighted by Gasteiger charge is 2.18. The van der Waals surface area contributed by atoms with Gasteiger partial charge in [-0.2, -0.15) is 15.0 Å². The molecule has 3 N–H and O–H groups in total. The summed E-state index contributed by atoms with van der Waals surface area (Å²) in [5.74, 6) is 2.30. The Bertz CT molecular complexity index is 1360. The number of anilines is 3. The lowest BCUT2D eigenvalue weighted by molar-refractivity contribution is 0.458. The van der Waals surface area contributed by atoms with Crippen molar-refractivity contribution < 1.29 is 15.3 Å². The fourth-order valence-corrected chi connectivity index (χ4v) is 5.43. The zero-order chi connectivity index (χ0) is 30.9. The van der Waals surface area contributed by atoms with Crippen LogP contribution in [0.25, 0.3) is 0 Å². The number of phenolic OH excluding ortho intramolecular Hbond substituents is 3.